The highest BCUT2D eigenvalue weighted by atomic mass is 32.1. The van der Waals surface area contributed by atoms with Gasteiger partial charge in [-0.05, 0) is 43.4 Å². The quantitative estimate of drug-likeness (QED) is 0.806. The van der Waals surface area contributed by atoms with E-state index in [0.29, 0.717) is 12.1 Å². The van der Waals surface area contributed by atoms with Crippen molar-refractivity contribution in [1.29, 1.82) is 5.26 Å². The molecule has 1 saturated heterocycles. The zero-order valence-electron chi connectivity index (χ0n) is 16.0. The Hall–Kier alpha value is -2.43. The predicted octanol–water partition coefficient (Wildman–Crippen LogP) is 3.04. The molecule has 3 heterocycles. The fraction of sp³-hybridized carbons (Fsp3) is 0.476. The molecule has 146 valence electrons. The van der Waals surface area contributed by atoms with Crippen molar-refractivity contribution in [2.24, 2.45) is 0 Å². The van der Waals surface area contributed by atoms with Crippen LogP contribution in [0.25, 0.3) is 0 Å². The summed E-state index contributed by atoms with van der Waals surface area (Å²) in [4.78, 5) is 22.7. The van der Waals surface area contributed by atoms with Gasteiger partial charge < -0.3 is 10.2 Å². The highest BCUT2D eigenvalue weighted by Crippen LogP contribution is 2.36. The molecule has 1 aliphatic heterocycles. The van der Waals surface area contributed by atoms with E-state index in [-0.39, 0.29) is 5.91 Å². The predicted molar refractivity (Wildman–Crippen MR) is 112 cm³/mol. The molecule has 4 rings (SSSR count). The molecule has 2 aromatic heterocycles. The molecular formula is C21H25N5OS. The van der Waals surface area contributed by atoms with Gasteiger partial charge >= 0.3 is 0 Å². The van der Waals surface area contributed by atoms with Crippen LogP contribution in [0.5, 0.6) is 0 Å². The van der Waals surface area contributed by atoms with Crippen LogP contribution >= 0.6 is 11.3 Å². The van der Waals surface area contributed by atoms with Gasteiger partial charge in [-0.3, -0.25) is 9.69 Å². The van der Waals surface area contributed by atoms with E-state index in [1.54, 1.807) is 11.3 Å². The third-order valence-electron chi connectivity index (χ3n) is 5.50. The van der Waals surface area contributed by atoms with E-state index in [9.17, 15) is 10.1 Å². The number of aryl methyl sites for hydroxylation is 1. The lowest BCUT2D eigenvalue weighted by atomic mass is 10.1. The molecule has 1 N–H and O–H groups in total. The fourth-order valence-electron chi connectivity index (χ4n) is 3.99. The lowest BCUT2D eigenvalue weighted by Gasteiger charge is -2.34. The molecule has 0 unspecified atom stereocenters. The van der Waals surface area contributed by atoms with Crippen molar-refractivity contribution >= 4 is 28.1 Å². The smallest absolute Gasteiger partial charge is 0.239 e. The molecule has 0 atom stereocenters. The number of pyridine rings is 1. The molecule has 0 bridgehead atoms. The maximum atomic E-state index is 12.6. The van der Waals surface area contributed by atoms with Crippen molar-refractivity contribution < 1.29 is 4.79 Å². The Morgan fingerprint density at radius 2 is 2.00 bits per heavy atom. The summed E-state index contributed by atoms with van der Waals surface area (Å²) < 4.78 is 0. The van der Waals surface area contributed by atoms with Gasteiger partial charge in [0.25, 0.3) is 0 Å². The summed E-state index contributed by atoms with van der Waals surface area (Å²) in [5.74, 6) is 0.963. The number of thiophene rings is 1. The van der Waals surface area contributed by atoms with Crippen LogP contribution in [-0.2, 0) is 17.6 Å². The lowest BCUT2D eigenvalue weighted by molar-refractivity contribution is -0.117. The molecule has 7 heteroatoms. The topological polar surface area (TPSA) is 72.3 Å². The van der Waals surface area contributed by atoms with Crippen LogP contribution in [-0.4, -0.2) is 48.5 Å². The first-order chi connectivity index (χ1) is 13.7. The standard InChI is InChI=1S/C21H25N5OS/c22-14-17-16-6-2-1-3-7-18(16)28-21(17)24-20(27)15-25-10-12-26(13-11-25)19-8-4-5-9-23-19/h4-5,8-9H,1-3,6-7,10-13,15H2,(H,24,27). The van der Waals surface area contributed by atoms with Crippen LogP contribution in [0.1, 0.15) is 35.3 Å². The highest BCUT2D eigenvalue weighted by molar-refractivity contribution is 7.16. The van der Waals surface area contributed by atoms with Crippen molar-refractivity contribution in [2.45, 2.75) is 32.1 Å². The molecule has 2 aromatic rings. The lowest BCUT2D eigenvalue weighted by Crippen LogP contribution is -2.48. The van der Waals surface area contributed by atoms with Crippen LogP contribution < -0.4 is 10.2 Å². The minimum atomic E-state index is -0.0285. The number of fused-ring (bicyclic) bond motifs is 1. The number of anilines is 2. The summed E-state index contributed by atoms with van der Waals surface area (Å²) >= 11 is 1.60. The normalized spacial score (nSPS) is 17.5. The summed E-state index contributed by atoms with van der Waals surface area (Å²) in [6.07, 6.45) is 7.32. The Kier molecular flexibility index (Phi) is 5.89. The average molecular weight is 396 g/mol. The SMILES string of the molecule is N#Cc1c(NC(=O)CN2CCN(c3ccccn3)CC2)sc2c1CCCCC2. The Morgan fingerprint density at radius 3 is 2.75 bits per heavy atom. The fourth-order valence-corrected chi connectivity index (χ4v) is 5.25. The van der Waals surface area contributed by atoms with E-state index < -0.39 is 0 Å². The first-order valence-electron chi connectivity index (χ1n) is 9.97. The Balaban J connectivity index is 1.34. The third kappa shape index (κ3) is 4.18. The maximum absolute atomic E-state index is 12.6. The van der Waals surface area contributed by atoms with Crippen molar-refractivity contribution in [1.82, 2.24) is 9.88 Å². The zero-order chi connectivity index (χ0) is 19.3. The van der Waals surface area contributed by atoms with E-state index in [1.807, 2.05) is 24.4 Å². The van der Waals surface area contributed by atoms with Crippen LogP contribution in [0, 0.1) is 11.3 Å². The highest BCUT2D eigenvalue weighted by Gasteiger charge is 2.23. The second-order valence-corrected chi connectivity index (χ2v) is 8.48. The van der Waals surface area contributed by atoms with Gasteiger partial charge in [0.05, 0.1) is 12.1 Å². The molecular weight excluding hydrogens is 370 g/mol. The second-order valence-electron chi connectivity index (χ2n) is 7.38. The van der Waals surface area contributed by atoms with Gasteiger partial charge in [-0.25, -0.2) is 4.98 Å². The van der Waals surface area contributed by atoms with Gasteiger partial charge in [-0.2, -0.15) is 5.26 Å². The van der Waals surface area contributed by atoms with E-state index in [4.69, 9.17) is 0 Å². The number of piperazine rings is 1. The monoisotopic (exact) mass is 395 g/mol. The molecule has 1 fully saturated rings. The Morgan fingerprint density at radius 1 is 1.18 bits per heavy atom. The molecule has 0 aromatic carbocycles. The van der Waals surface area contributed by atoms with Gasteiger partial charge in [0.2, 0.25) is 5.91 Å². The van der Waals surface area contributed by atoms with E-state index in [2.05, 4.69) is 26.2 Å². The van der Waals surface area contributed by atoms with E-state index in [0.717, 1.165) is 56.3 Å². The number of carbonyl (C=O) groups is 1. The number of amides is 1. The van der Waals surface area contributed by atoms with Gasteiger partial charge in [0.1, 0.15) is 16.9 Å². The van der Waals surface area contributed by atoms with Crippen molar-refractivity contribution in [3.05, 3.63) is 40.4 Å². The summed E-state index contributed by atoms with van der Waals surface area (Å²) in [5.41, 5.74) is 1.86. The van der Waals surface area contributed by atoms with Crippen molar-refractivity contribution in [3.8, 4) is 6.07 Å². The molecule has 0 saturated carbocycles. The minimum absolute atomic E-state index is 0.0285. The first-order valence-corrected chi connectivity index (χ1v) is 10.8. The minimum Gasteiger partial charge on any atom is -0.354 e. The molecule has 28 heavy (non-hydrogen) atoms. The number of nitrogens with zero attached hydrogens (tertiary/aromatic N) is 4. The average Bonchev–Trinajstić information content (AvgIpc) is 2.88. The van der Waals surface area contributed by atoms with Crippen LogP contribution in [0.4, 0.5) is 10.8 Å². The molecule has 1 amide bonds. The van der Waals surface area contributed by atoms with Crippen LogP contribution in [0.3, 0.4) is 0 Å². The molecule has 6 nitrogen and oxygen atoms in total. The summed E-state index contributed by atoms with van der Waals surface area (Å²) in [5, 5.41) is 13.4. The third-order valence-corrected chi connectivity index (χ3v) is 6.71. The number of nitrogens with one attached hydrogen (secondary N) is 1. The van der Waals surface area contributed by atoms with Gasteiger partial charge in [0.15, 0.2) is 0 Å². The van der Waals surface area contributed by atoms with Crippen molar-refractivity contribution in [3.63, 3.8) is 0 Å². The number of hydrogen-bond donors (Lipinski definition) is 1. The van der Waals surface area contributed by atoms with Crippen LogP contribution in [0.2, 0.25) is 0 Å². The van der Waals surface area contributed by atoms with Crippen molar-refractivity contribution in [2.75, 3.05) is 42.9 Å². The van der Waals surface area contributed by atoms with Gasteiger partial charge in [-0.15, -0.1) is 11.3 Å². The number of aromatic nitrogens is 1. The van der Waals surface area contributed by atoms with E-state index >= 15 is 0 Å². The van der Waals surface area contributed by atoms with Gasteiger partial charge in [0, 0.05) is 37.3 Å². The maximum Gasteiger partial charge on any atom is 0.239 e. The Labute approximate surface area is 169 Å². The zero-order valence-corrected chi connectivity index (χ0v) is 16.8. The molecule has 1 aliphatic carbocycles. The number of carbonyl (C=O) groups excluding carboxylic acids is 1. The summed E-state index contributed by atoms with van der Waals surface area (Å²) in [6.45, 7) is 3.75. The van der Waals surface area contributed by atoms with E-state index in [1.165, 1.54) is 23.3 Å². The van der Waals surface area contributed by atoms with Crippen LogP contribution in [0.15, 0.2) is 24.4 Å². The number of nitriles is 1. The Bertz CT molecular complexity index is 865. The second kappa shape index (κ2) is 8.72. The summed E-state index contributed by atoms with van der Waals surface area (Å²) in [6, 6.07) is 8.27. The number of hydrogen-bond acceptors (Lipinski definition) is 6. The first kappa shape index (κ1) is 18.9. The summed E-state index contributed by atoms with van der Waals surface area (Å²) in [7, 11) is 0. The van der Waals surface area contributed by atoms with Gasteiger partial charge in [-0.1, -0.05) is 12.5 Å². The molecule has 0 spiro atoms. The number of rotatable bonds is 4. The molecule has 0 radical (unpaired) electrons. The largest absolute Gasteiger partial charge is 0.354 e. The molecule has 2 aliphatic rings.